The number of hydrogen-bond acceptors (Lipinski definition) is 5. The Labute approximate surface area is 102 Å². The fourth-order valence-electron chi connectivity index (χ4n) is 1.42. The first-order chi connectivity index (χ1) is 8.24. The number of thiophene rings is 1. The molecule has 0 aliphatic rings. The van der Waals surface area contributed by atoms with Crippen molar-refractivity contribution >= 4 is 17.3 Å². The van der Waals surface area contributed by atoms with Crippen LogP contribution in [-0.4, -0.2) is 21.3 Å². The summed E-state index contributed by atoms with van der Waals surface area (Å²) in [6, 6.07) is 2.01. The molecule has 2 aromatic heterocycles. The van der Waals surface area contributed by atoms with E-state index >= 15 is 0 Å². The molecule has 17 heavy (non-hydrogen) atoms. The summed E-state index contributed by atoms with van der Waals surface area (Å²) in [6.07, 6.45) is 1.80. The van der Waals surface area contributed by atoms with Gasteiger partial charge in [0.2, 0.25) is 11.8 Å². The van der Waals surface area contributed by atoms with Crippen molar-refractivity contribution in [2.24, 2.45) is 0 Å². The molecule has 0 aliphatic carbocycles. The maximum atomic E-state index is 10.3. The van der Waals surface area contributed by atoms with Crippen molar-refractivity contribution in [1.29, 1.82) is 0 Å². The van der Waals surface area contributed by atoms with E-state index in [1.54, 1.807) is 11.3 Å². The van der Waals surface area contributed by atoms with Gasteiger partial charge in [0.15, 0.2) is 0 Å². The maximum Gasteiger partial charge on any atom is 0.303 e. The molecule has 0 fully saturated rings. The average Bonchev–Trinajstić information content (AvgIpc) is 2.90. The van der Waals surface area contributed by atoms with Crippen LogP contribution in [0.4, 0.5) is 0 Å². The van der Waals surface area contributed by atoms with Crippen molar-refractivity contribution in [3.63, 3.8) is 0 Å². The molecule has 0 aliphatic heterocycles. The van der Waals surface area contributed by atoms with E-state index in [0.717, 1.165) is 5.56 Å². The predicted molar refractivity (Wildman–Crippen MR) is 62.0 cm³/mol. The van der Waals surface area contributed by atoms with Crippen molar-refractivity contribution in [3.05, 3.63) is 34.2 Å². The second kappa shape index (κ2) is 5.58. The van der Waals surface area contributed by atoms with E-state index in [1.807, 2.05) is 16.8 Å². The molecular formula is C11H12N2O3S. The van der Waals surface area contributed by atoms with Gasteiger partial charge >= 0.3 is 5.97 Å². The first-order valence-electron chi connectivity index (χ1n) is 5.28. The zero-order valence-corrected chi connectivity index (χ0v) is 9.94. The quantitative estimate of drug-likeness (QED) is 0.852. The van der Waals surface area contributed by atoms with Gasteiger partial charge in [0.1, 0.15) is 0 Å². The van der Waals surface area contributed by atoms with E-state index in [2.05, 4.69) is 10.2 Å². The maximum absolute atomic E-state index is 10.3. The molecular weight excluding hydrogens is 240 g/mol. The zero-order chi connectivity index (χ0) is 12.1. The van der Waals surface area contributed by atoms with E-state index in [9.17, 15) is 4.79 Å². The summed E-state index contributed by atoms with van der Waals surface area (Å²) in [5.74, 6) is 0.285. The second-order valence-corrected chi connectivity index (χ2v) is 4.43. The monoisotopic (exact) mass is 252 g/mol. The van der Waals surface area contributed by atoms with Crippen molar-refractivity contribution in [1.82, 2.24) is 10.2 Å². The molecule has 2 aromatic rings. The molecule has 90 valence electrons. The van der Waals surface area contributed by atoms with Gasteiger partial charge in [-0.15, -0.1) is 10.2 Å². The van der Waals surface area contributed by atoms with Crippen molar-refractivity contribution < 1.29 is 14.3 Å². The van der Waals surface area contributed by atoms with Crippen LogP contribution >= 0.6 is 11.3 Å². The lowest BCUT2D eigenvalue weighted by Crippen LogP contribution is -1.95. The van der Waals surface area contributed by atoms with Gasteiger partial charge in [-0.2, -0.15) is 11.3 Å². The number of aliphatic carboxylic acids is 1. The summed E-state index contributed by atoms with van der Waals surface area (Å²) in [7, 11) is 0. The molecule has 0 amide bonds. The van der Waals surface area contributed by atoms with E-state index in [1.165, 1.54) is 0 Å². The highest BCUT2D eigenvalue weighted by Gasteiger charge is 2.07. The topological polar surface area (TPSA) is 76.2 Å². The number of carboxylic acid groups (broad SMARTS) is 1. The van der Waals surface area contributed by atoms with Crippen LogP contribution < -0.4 is 0 Å². The Kier molecular flexibility index (Phi) is 3.87. The van der Waals surface area contributed by atoms with Gasteiger partial charge in [0, 0.05) is 12.8 Å². The fourth-order valence-corrected chi connectivity index (χ4v) is 2.09. The molecule has 1 N–H and O–H groups in total. The second-order valence-electron chi connectivity index (χ2n) is 3.65. The lowest BCUT2D eigenvalue weighted by Gasteiger charge is -1.92. The van der Waals surface area contributed by atoms with Crippen LogP contribution in [0.3, 0.4) is 0 Å². The molecule has 0 radical (unpaired) electrons. The normalized spacial score (nSPS) is 10.6. The van der Waals surface area contributed by atoms with Crippen molar-refractivity contribution in [2.75, 3.05) is 0 Å². The highest BCUT2D eigenvalue weighted by atomic mass is 32.1. The number of rotatable bonds is 6. The molecule has 6 heteroatoms. The number of aromatic nitrogens is 2. The number of nitrogens with zero attached hydrogens (tertiary/aromatic N) is 2. The Morgan fingerprint density at radius 2 is 2.24 bits per heavy atom. The predicted octanol–water partition coefficient (Wildman–Crippen LogP) is 2.13. The third-order valence-electron chi connectivity index (χ3n) is 2.23. The fraction of sp³-hybridized carbons (Fsp3) is 0.364. The molecule has 0 spiro atoms. The smallest absolute Gasteiger partial charge is 0.303 e. The summed E-state index contributed by atoms with van der Waals surface area (Å²) >= 11 is 1.63. The highest BCUT2D eigenvalue weighted by Crippen LogP contribution is 2.12. The van der Waals surface area contributed by atoms with E-state index in [-0.39, 0.29) is 6.42 Å². The van der Waals surface area contributed by atoms with Gasteiger partial charge in [0.25, 0.3) is 0 Å². The van der Waals surface area contributed by atoms with E-state index in [0.29, 0.717) is 31.0 Å². The van der Waals surface area contributed by atoms with E-state index < -0.39 is 5.97 Å². The standard InChI is InChI=1S/C11H12N2O3S/c14-11(15)3-1-2-9-12-13-10(16-9)6-8-4-5-17-7-8/h4-5,7H,1-3,6H2,(H,14,15). The summed E-state index contributed by atoms with van der Waals surface area (Å²) in [5.41, 5.74) is 1.15. The van der Waals surface area contributed by atoms with Crippen LogP contribution in [0.5, 0.6) is 0 Å². The number of carboxylic acids is 1. The molecule has 5 nitrogen and oxygen atoms in total. The van der Waals surface area contributed by atoms with Gasteiger partial charge in [0.05, 0.1) is 6.42 Å². The molecule has 0 unspecified atom stereocenters. The third kappa shape index (κ3) is 3.67. The third-order valence-corrected chi connectivity index (χ3v) is 2.96. The SMILES string of the molecule is O=C(O)CCCc1nnc(Cc2ccsc2)o1. The van der Waals surface area contributed by atoms with Crippen LogP contribution in [-0.2, 0) is 17.6 Å². The molecule has 0 atom stereocenters. The average molecular weight is 252 g/mol. The van der Waals surface area contributed by atoms with Crippen LogP contribution in [0.25, 0.3) is 0 Å². The van der Waals surface area contributed by atoms with Gasteiger partial charge in [-0.3, -0.25) is 4.79 Å². The summed E-state index contributed by atoms with van der Waals surface area (Å²) in [5, 5.41) is 20.4. The first-order valence-corrected chi connectivity index (χ1v) is 6.22. The van der Waals surface area contributed by atoms with Crippen molar-refractivity contribution in [2.45, 2.75) is 25.7 Å². The molecule has 0 aromatic carbocycles. The summed E-state index contributed by atoms with van der Waals surface area (Å²) in [6.45, 7) is 0. The van der Waals surface area contributed by atoms with Crippen LogP contribution in [0.1, 0.15) is 30.2 Å². The molecule has 2 heterocycles. The highest BCUT2D eigenvalue weighted by molar-refractivity contribution is 7.07. The van der Waals surface area contributed by atoms with Gasteiger partial charge in [-0.05, 0) is 28.8 Å². The molecule has 0 saturated heterocycles. The number of carbonyl (C=O) groups is 1. The largest absolute Gasteiger partial charge is 0.481 e. The minimum atomic E-state index is -0.803. The van der Waals surface area contributed by atoms with Gasteiger partial charge in [-0.1, -0.05) is 0 Å². The van der Waals surface area contributed by atoms with Crippen molar-refractivity contribution in [3.8, 4) is 0 Å². The number of aryl methyl sites for hydroxylation is 1. The lowest BCUT2D eigenvalue weighted by molar-refractivity contribution is -0.137. The Bertz CT molecular complexity index is 479. The number of hydrogen-bond donors (Lipinski definition) is 1. The van der Waals surface area contributed by atoms with Crippen LogP contribution in [0, 0.1) is 0 Å². The van der Waals surface area contributed by atoms with Crippen LogP contribution in [0.2, 0.25) is 0 Å². The molecule has 2 rings (SSSR count). The molecule has 0 bridgehead atoms. The minimum absolute atomic E-state index is 0.127. The van der Waals surface area contributed by atoms with Crippen LogP contribution in [0.15, 0.2) is 21.2 Å². The van der Waals surface area contributed by atoms with E-state index in [4.69, 9.17) is 9.52 Å². The Morgan fingerprint density at radius 1 is 1.41 bits per heavy atom. The zero-order valence-electron chi connectivity index (χ0n) is 9.13. The minimum Gasteiger partial charge on any atom is -0.481 e. The summed E-state index contributed by atoms with van der Waals surface area (Å²) < 4.78 is 5.43. The lowest BCUT2D eigenvalue weighted by atomic mass is 10.2. The Hall–Kier alpha value is -1.69. The Balaban J connectivity index is 1.85. The van der Waals surface area contributed by atoms with Gasteiger partial charge in [-0.25, -0.2) is 0 Å². The van der Waals surface area contributed by atoms with Gasteiger partial charge < -0.3 is 9.52 Å². The summed E-state index contributed by atoms with van der Waals surface area (Å²) in [4.78, 5) is 10.3. The first kappa shape index (κ1) is 11.8. The molecule has 0 saturated carbocycles. The Morgan fingerprint density at radius 3 is 2.94 bits per heavy atom.